The van der Waals surface area contributed by atoms with Crippen LogP contribution in [0.2, 0.25) is 0 Å². The molecule has 0 fully saturated rings. The summed E-state index contributed by atoms with van der Waals surface area (Å²) < 4.78 is 4.47. The third-order valence-electron chi connectivity index (χ3n) is 2.71. The van der Waals surface area contributed by atoms with Crippen LogP contribution in [0, 0.1) is 10.1 Å². The normalized spacial score (nSPS) is 10.9. The van der Waals surface area contributed by atoms with Gasteiger partial charge in [0.15, 0.2) is 0 Å². The van der Waals surface area contributed by atoms with E-state index in [4.69, 9.17) is 0 Å². The molecule has 7 nitrogen and oxygen atoms in total. The van der Waals surface area contributed by atoms with Crippen LogP contribution in [0.5, 0.6) is 0 Å². The highest BCUT2D eigenvalue weighted by molar-refractivity contribution is 5.87. The molecule has 1 N–H and O–H groups in total. The summed E-state index contributed by atoms with van der Waals surface area (Å²) in [5.41, 5.74) is 0.989. The summed E-state index contributed by atoms with van der Waals surface area (Å²) in [7, 11) is 5.13. The molecule has 0 aromatic heterocycles. The minimum Gasteiger partial charge on any atom is -0.466 e. The van der Waals surface area contributed by atoms with E-state index < -0.39 is 10.9 Å². The molecule has 7 heteroatoms. The number of hydrogen-bond acceptors (Lipinski definition) is 6. The van der Waals surface area contributed by atoms with Crippen LogP contribution in [0.4, 0.5) is 11.4 Å². The topological polar surface area (TPSA) is 84.7 Å². The van der Waals surface area contributed by atoms with Gasteiger partial charge < -0.3 is 15.0 Å². The first kappa shape index (κ1) is 16.6. The van der Waals surface area contributed by atoms with Crippen LogP contribution in [0.3, 0.4) is 0 Å². The lowest BCUT2D eigenvalue weighted by Crippen LogP contribution is -2.21. The van der Waals surface area contributed by atoms with Crippen molar-refractivity contribution in [1.29, 1.82) is 0 Å². The number of carbonyl (C=O) groups excluding carboxylic acids is 1. The lowest BCUT2D eigenvalue weighted by atomic mass is 10.1. The number of hydrogen-bond donors (Lipinski definition) is 1. The van der Waals surface area contributed by atoms with Crippen molar-refractivity contribution in [3.8, 4) is 0 Å². The molecule has 0 radical (unpaired) electrons. The van der Waals surface area contributed by atoms with Crippen molar-refractivity contribution in [2.45, 2.75) is 0 Å². The first-order valence-corrected chi connectivity index (χ1v) is 6.37. The van der Waals surface area contributed by atoms with Crippen LogP contribution in [0.15, 0.2) is 24.3 Å². The van der Waals surface area contributed by atoms with Gasteiger partial charge in [0, 0.05) is 25.2 Å². The van der Waals surface area contributed by atoms with Gasteiger partial charge in [0.1, 0.15) is 5.69 Å². The zero-order chi connectivity index (χ0) is 15.8. The van der Waals surface area contributed by atoms with E-state index in [1.165, 1.54) is 25.3 Å². The van der Waals surface area contributed by atoms with E-state index in [1.54, 1.807) is 12.1 Å². The van der Waals surface area contributed by atoms with Crippen molar-refractivity contribution >= 4 is 23.4 Å². The Kier molecular flexibility index (Phi) is 6.35. The van der Waals surface area contributed by atoms with E-state index in [-0.39, 0.29) is 5.69 Å². The molecular weight excluding hydrogens is 274 g/mol. The van der Waals surface area contributed by atoms with Crippen molar-refractivity contribution in [2.24, 2.45) is 0 Å². The number of benzene rings is 1. The summed E-state index contributed by atoms with van der Waals surface area (Å²) in [5, 5.41) is 14.1. The second-order valence-electron chi connectivity index (χ2n) is 4.62. The summed E-state index contributed by atoms with van der Waals surface area (Å²) in [6.45, 7) is 1.37. The van der Waals surface area contributed by atoms with Crippen LogP contribution in [0.1, 0.15) is 5.56 Å². The van der Waals surface area contributed by atoms with Crippen LogP contribution >= 0.6 is 0 Å². The molecule has 0 saturated carbocycles. The van der Waals surface area contributed by atoms with Gasteiger partial charge in [-0.15, -0.1) is 0 Å². The van der Waals surface area contributed by atoms with E-state index >= 15 is 0 Å². The van der Waals surface area contributed by atoms with Crippen molar-refractivity contribution in [3.63, 3.8) is 0 Å². The minimum absolute atomic E-state index is 0.0271. The molecular formula is C14H19N3O4. The Balaban J connectivity index is 2.89. The zero-order valence-corrected chi connectivity index (χ0v) is 12.3. The molecule has 0 amide bonds. The Morgan fingerprint density at radius 3 is 2.76 bits per heavy atom. The van der Waals surface area contributed by atoms with Crippen LogP contribution < -0.4 is 5.32 Å². The van der Waals surface area contributed by atoms with E-state index in [1.807, 2.05) is 19.0 Å². The molecule has 1 rings (SSSR count). The van der Waals surface area contributed by atoms with Gasteiger partial charge in [0.05, 0.1) is 12.0 Å². The number of likely N-dealkylation sites (N-methyl/N-ethyl adjacent to an activating group) is 1. The first-order chi connectivity index (χ1) is 9.93. The smallest absolute Gasteiger partial charge is 0.330 e. The van der Waals surface area contributed by atoms with Crippen molar-refractivity contribution in [1.82, 2.24) is 4.90 Å². The van der Waals surface area contributed by atoms with Gasteiger partial charge in [0.25, 0.3) is 5.69 Å². The van der Waals surface area contributed by atoms with E-state index in [0.717, 1.165) is 6.54 Å². The van der Waals surface area contributed by atoms with Gasteiger partial charge in [-0.05, 0) is 31.8 Å². The van der Waals surface area contributed by atoms with Crippen LogP contribution in [0.25, 0.3) is 6.08 Å². The molecule has 0 unspecified atom stereocenters. The highest BCUT2D eigenvalue weighted by Gasteiger charge is 2.13. The van der Waals surface area contributed by atoms with Crippen molar-refractivity contribution < 1.29 is 14.5 Å². The number of anilines is 1. The minimum atomic E-state index is -0.508. The fraction of sp³-hybridized carbons (Fsp3) is 0.357. The quantitative estimate of drug-likeness (QED) is 0.357. The van der Waals surface area contributed by atoms with E-state index in [9.17, 15) is 14.9 Å². The number of methoxy groups -OCH3 is 1. The van der Waals surface area contributed by atoms with Crippen molar-refractivity contribution in [3.05, 3.63) is 40.0 Å². The molecule has 0 bridgehead atoms. The number of nitrogens with one attached hydrogen (secondary N) is 1. The number of rotatable bonds is 7. The molecule has 0 atom stereocenters. The highest BCUT2D eigenvalue weighted by Crippen LogP contribution is 2.26. The summed E-state index contributed by atoms with van der Waals surface area (Å²) in [4.78, 5) is 23.6. The predicted molar refractivity (Wildman–Crippen MR) is 81.2 cm³/mol. The lowest BCUT2D eigenvalue weighted by Gasteiger charge is -2.11. The predicted octanol–water partition coefficient (Wildman–Crippen LogP) is 1.75. The summed E-state index contributed by atoms with van der Waals surface area (Å²) in [6.07, 6.45) is 2.70. The van der Waals surface area contributed by atoms with Gasteiger partial charge in [-0.3, -0.25) is 10.1 Å². The molecule has 1 aromatic carbocycles. The highest BCUT2D eigenvalue weighted by atomic mass is 16.6. The number of nitro benzene ring substituents is 1. The molecule has 0 saturated heterocycles. The average molecular weight is 293 g/mol. The molecule has 114 valence electrons. The Hall–Kier alpha value is -2.41. The van der Waals surface area contributed by atoms with Crippen LogP contribution in [-0.4, -0.2) is 50.1 Å². The number of ether oxygens (including phenoxy) is 1. The molecule has 0 heterocycles. The molecule has 21 heavy (non-hydrogen) atoms. The third kappa shape index (κ3) is 5.62. The average Bonchev–Trinajstić information content (AvgIpc) is 2.44. The monoisotopic (exact) mass is 293 g/mol. The van der Waals surface area contributed by atoms with E-state index in [2.05, 4.69) is 10.1 Å². The Morgan fingerprint density at radius 2 is 2.19 bits per heavy atom. The Bertz CT molecular complexity index is 541. The Labute approximate surface area is 123 Å². The molecule has 0 aliphatic rings. The second-order valence-corrected chi connectivity index (χ2v) is 4.62. The number of nitrogens with zero attached hydrogens (tertiary/aromatic N) is 2. The zero-order valence-electron chi connectivity index (χ0n) is 12.3. The largest absolute Gasteiger partial charge is 0.466 e. The molecule has 1 aromatic rings. The Morgan fingerprint density at radius 1 is 1.48 bits per heavy atom. The third-order valence-corrected chi connectivity index (χ3v) is 2.71. The fourth-order valence-electron chi connectivity index (χ4n) is 1.60. The van der Waals surface area contributed by atoms with Crippen molar-refractivity contribution in [2.75, 3.05) is 39.6 Å². The van der Waals surface area contributed by atoms with Gasteiger partial charge >= 0.3 is 5.97 Å². The molecule has 0 aliphatic carbocycles. The number of nitro groups is 1. The van der Waals surface area contributed by atoms with Gasteiger partial charge in [-0.25, -0.2) is 4.79 Å². The standard InChI is InChI=1S/C14H19N3O4/c1-16(2)9-8-15-12-6-4-11(5-7-14(18)21-3)10-13(12)17(19)20/h4-7,10,15H,8-9H2,1-3H3. The summed E-state index contributed by atoms with van der Waals surface area (Å²) in [6, 6.07) is 4.74. The SMILES string of the molecule is COC(=O)C=Cc1ccc(NCCN(C)C)c([N+](=O)[O-])c1. The maximum absolute atomic E-state index is 11.1. The van der Waals surface area contributed by atoms with E-state index in [0.29, 0.717) is 17.8 Å². The maximum atomic E-state index is 11.1. The second kappa shape index (κ2) is 8.01. The molecule has 0 aliphatic heterocycles. The number of carbonyl (C=O) groups is 1. The number of esters is 1. The lowest BCUT2D eigenvalue weighted by molar-refractivity contribution is -0.384. The first-order valence-electron chi connectivity index (χ1n) is 6.37. The summed E-state index contributed by atoms with van der Waals surface area (Å²) in [5.74, 6) is -0.508. The van der Waals surface area contributed by atoms with Gasteiger partial charge in [-0.2, -0.15) is 0 Å². The van der Waals surface area contributed by atoms with Gasteiger partial charge in [-0.1, -0.05) is 6.07 Å². The summed E-state index contributed by atoms with van der Waals surface area (Å²) >= 11 is 0. The molecule has 0 spiro atoms. The van der Waals surface area contributed by atoms with Crippen LogP contribution in [-0.2, 0) is 9.53 Å². The van der Waals surface area contributed by atoms with Gasteiger partial charge in [0.2, 0.25) is 0 Å². The maximum Gasteiger partial charge on any atom is 0.330 e. The fourth-order valence-corrected chi connectivity index (χ4v) is 1.60.